The molecule has 3 heterocycles. The van der Waals surface area contributed by atoms with Gasteiger partial charge in [0.2, 0.25) is 15.9 Å². The first kappa shape index (κ1) is 19.4. The molecule has 1 amide bonds. The second kappa shape index (κ2) is 7.82. The molecule has 1 fully saturated rings. The minimum atomic E-state index is -3.84. The molecule has 1 aliphatic heterocycles. The lowest BCUT2D eigenvalue weighted by Gasteiger charge is -2.23. The van der Waals surface area contributed by atoms with Crippen molar-refractivity contribution < 1.29 is 13.2 Å². The molecule has 1 N–H and O–H groups in total. The molecule has 28 heavy (non-hydrogen) atoms. The average molecular weight is 438 g/mol. The molecule has 1 atom stereocenters. The standard InChI is InChI=1S/C17H19N5O3S3/c1-11-19-12(10-26-11)7-8-18-17(23)14-5-3-9-22(14)28(24,25)15-6-2-4-13-16(15)21-27-20-13/h2,4,6,10,14H,3,5,7-9H2,1H3,(H,18,23)/t14-/m1/s1. The molecule has 8 nitrogen and oxygen atoms in total. The number of nitrogens with zero attached hydrogens (tertiary/aromatic N) is 4. The normalized spacial score (nSPS) is 18.0. The predicted molar refractivity (Wildman–Crippen MR) is 108 cm³/mol. The van der Waals surface area contributed by atoms with Crippen LogP contribution in [0.1, 0.15) is 23.5 Å². The van der Waals surface area contributed by atoms with Gasteiger partial charge in [-0.1, -0.05) is 6.07 Å². The number of benzene rings is 1. The van der Waals surface area contributed by atoms with Crippen LogP contribution in [0.15, 0.2) is 28.5 Å². The van der Waals surface area contributed by atoms with Crippen LogP contribution in [0.3, 0.4) is 0 Å². The largest absolute Gasteiger partial charge is 0.354 e. The molecule has 0 aliphatic carbocycles. The van der Waals surface area contributed by atoms with E-state index in [1.807, 2.05) is 12.3 Å². The SMILES string of the molecule is Cc1nc(CCNC(=O)[C@H]2CCCN2S(=O)(=O)c2cccc3nsnc23)cs1. The third kappa shape index (κ3) is 3.66. The highest BCUT2D eigenvalue weighted by atomic mass is 32.2. The Morgan fingerprint density at radius 2 is 2.21 bits per heavy atom. The average Bonchev–Trinajstić information content (AvgIpc) is 3.41. The first-order chi connectivity index (χ1) is 13.5. The molecule has 0 unspecified atom stereocenters. The summed E-state index contributed by atoms with van der Waals surface area (Å²) in [5, 5.41) is 5.82. The fraction of sp³-hybridized carbons (Fsp3) is 0.412. The molecule has 0 radical (unpaired) electrons. The number of sulfonamides is 1. The third-order valence-corrected chi connectivity index (χ3v) is 7.99. The molecule has 1 saturated heterocycles. The first-order valence-electron chi connectivity index (χ1n) is 8.88. The Kier molecular flexibility index (Phi) is 5.41. The van der Waals surface area contributed by atoms with Gasteiger partial charge in [-0.25, -0.2) is 13.4 Å². The van der Waals surface area contributed by atoms with E-state index in [0.29, 0.717) is 43.4 Å². The van der Waals surface area contributed by atoms with Crippen LogP contribution in [0.5, 0.6) is 0 Å². The quantitative estimate of drug-likeness (QED) is 0.632. The van der Waals surface area contributed by atoms with Crippen molar-refractivity contribution in [3.05, 3.63) is 34.3 Å². The number of nitrogens with one attached hydrogen (secondary N) is 1. The Hall–Kier alpha value is -1.95. The first-order valence-corrected chi connectivity index (χ1v) is 11.9. The Bertz CT molecular complexity index is 1110. The van der Waals surface area contributed by atoms with Gasteiger partial charge < -0.3 is 5.32 Å². The van der Waals surface area contributed by atoms with Crippen LogP contribution in [-0.2, 0) is 21.2 Å². The number of aromatic nitrogens is 3. The number of rotatable bonds is 6. The zero-order valence-corrected chi connectivity index (χ0v) is 17.6. The number of carbonyl (C=O) groups is 1. The highest BCUT2D eigenvalue weighted by molar-refractivity contribution is 7.89. The lowest BCUT2D eigenvalue weighted by molar-refractivity contribution is -0.124. The van der Waals surface area contributed by atoms with Crippen molar-refractivity contribution in [1.82, 2.24) is 23.4 Å². The van der Waals surface area contributed by atoms with Crippen LogP contribution in [-0.4, -0.2) is 51.5 Å². The maximum atomic E-state index is 13.2. The van der Waals surface area contributed by atoms with E-state index >= 15 is 0 Å². The summed E-state index contributed by atoms with van der Waals surface area (Å²) in [5.41, 5.74) is 1.84. The maximum absolute atomic E-state index is 13.2. The number of amides is 1. The summed E-state index contributed by atoms with van der Waals surface area (Å²) in [6, 6.07) is 4.20. The van der Waals surface area contributed by atoms with Gasteiger partial charge in [0.15, 0.2) is 0 Å². The van der Waals surface area contributed by atoms with Gasteiger partial charge in [0.05, 0.1) is 22.4 Å². The van der Waals surface area contributed by atoms with Gasteiger partial charge in [0.25, 0.3) is 0 Å². The summed E-state index contributed by atoms with van der Waals surface area (Å²) in [6.45, 7) is 2.68. The van der Waals surface area contributed by atoms with Gasteiger partial charge >= 0.3 is 0 Å². The molecule has 1 aromatic carbocycles. The van der Waals surface area contributed by atoms with Gasteiger partial charge in [-0.15, -0.1) is 11.3 Å². The summed E-state index contributed by atoms with van der Waals surface area (Å²) in [4.78, 5) is 17.2. The molecular weight excluding hydrogens is 418 g/mol. The van der Waals surface area contributed by atoms with Crippen molar-refractivity contribution in [2.45, 2.75) is 37.1 Å². The van der Waals surface area contributed by atoms with Crippen LogP contribution in [0.2, 0.25) is 0 Å². The summed E-state index contributed by atoms with van der Waals surface area (Å²) in [6.07, 6.45) is 1.78. The molecule has 2 aromatic heterocycles. The number of hydrogen-bond donors (Lipinski definition) is 1. The lowest BCUT2D eigenvalue weighted by Crippen LogP contribution is -2.46. The molecule has 0 bridgehead atoms. The second-order valence-electron chi connectivity index (χ2n) is 6.56. The van der Waals surface area contributed by atoms with Gasteiger partial charge in [0.1, 0.15) is 22.0 Å². The summed E-state index contributed by atoms with van der Waals surface area (Å²) < 4.78 is 36.0. The van der Waals surface area contributed by atoms with Crippen molar-refractivity contribution in [2.24, 2.45) is 0 Å². The fourth-order valence-electron chi connectivity index (χ4n) is 3.36. The molecule has 1 aliphatic rings. The zero-order chi connectivity index (χ0) is 19.7. The summed E-state index contributed by atoms with van der Waals surface area (Å²) in [7, 11) is -3.84. The van der Waals surface area contributed by atoms with Crippen LogP contribution in [0, 0.1) is 6.92 Å². The minimum Gasteiger partial charge on any atom is -0.354 e. The molecule has 0 saturated carbocycles. The Labute approximate surface area is 171 Å². The van der Waals surface area contributed by atoms with Gasteiger partial charge in [-0.2, -0.15) is 13.1 Å². The minimum absolute atomic E-state index is 0.108. The highest BCUT2D eigenvalue weighted by Gasteiger charge is 2.40. The molecule has 148 valence electrons. The van der Waals surface area contributed by atoms with E-state index in [1.54, 1.807) is 23.5 Å². The Morgan fingerprint density at radius 3 is 3.00 bits per heavy atom. The monoisotopic (exact) mass is 437 g/mol. The third-order valence-electron chi connectivity index (χ3n) is 4.69. The lowest BCUT2D eigenvalue weighted by atomic mass is 10.2. The van der Waals surface area contributed by atoms with E-state index in [-0.39, 0.29) is 10.8 Å². The van der Waals surface area contributed by atoms with E-state index < -0.39 is 16.1 Å². The van der Waals surface area contributed by atoms with E-state index in [9.17, 15) is 13.2 Å². The Morgan fingerprint density at radius 1 is 1.36 bits per heavy atom. The van der Waals surface area contributed by atoms with Crippen LogP contribution >= 0.6 is 23.1 Å². The Balaban J connectivity index is 1.49. The predicted octanol–water partition coefficient (Wildman–Crippen LogP) is 1.97. The van der Waals surface area contributed by atoms with Crippen molar-refractivity contribution in [2.75, 3.05) is 13.1 Å². The zero-order valence-electron chi connectivity index (χ0n) is 15.2. The molecule has 0 spiro atoms. The molecular formula is C17H19N5O3S3. The van der Waals surface area contributed by atoms with Gasteiger partial charge in [0, 0.05) is 24.9 Å². The van der Waals surface area contributed by atoms with E-state index in [4.69, 9.17) is 0 Å². The van der Waals surface area contributed by atoms with Crippen LogP contribution in [0.25, 0.3) is 11.0 Å². The van der Waals surface area contributed by atoms with E-state index in [2.05, 4.69) is 19.0 Å². The van der Waals surface area contributed by atoms with Crippen molar-refractivity contribution in [3.8, 4) is 0 Å². The number of aryl methyl sites for hydroxylation is 1. The number of thiazole rings is 1. The van der Waals surface area contributed by atoms with Gasteiger partial charge in [-0.05, 0) is 31.9 Å². The van der Waals surface area contributed by atoms with E-state index in [0.717, 1.165) is 22.4 Å². The number of carbonyl (C=O) groups excluding carboxylic acids is 1. The summed E-state index contributed by atoms with van der Waals surface area (Å²) >= 11 is 2.55. The van der Waals surface area contributed by atoms with Crippen molar-refractivity contribution in [3.63, 3.8) is 0 Å². The smallest absolute Gasteiger partial charge is 0.246 e. The molecule has 3 aromatic rings. The molecule has 4 rings (SSSR count). The number of hydrogen-bond acceptors (Lipinski definition) is 8. The summed E-state index contributed by atoms with van der Waals surface area (Å²) in [5.74, 6) is -0.267. The van der Waals surface area contributed by atoms with E-state index in [1.165, 1.54) is 10.4 Å². The molecule has 11 heteroatoms. The maximum Gasteiger partial charge on any atom is 0.246 e. The van der Waals surface area contributed by atoms with Crippen molar-refractivity contribution in [1.29, 1.82) is 0 Å². The van der Waals surface area contributed by atoms with Crippen LogP contribution in [0.4, 0.5) is 0 Å². The van der Waals surface area contributed by atoms with Crippen LogP contribution < -0.4 is 5.32 Å². The van der Waals surface area contributed by atoms with Crippen molar-refractivity contribution >= 4 is 50.0 Å². The highest BCUT2D eigenvalue weighted by Crippen LogP contribution is 2.30. The van der Waals surface area contributed by atoms with Gasteiger partial charge in [-0.3, -0.25) is 4.79 Å². The topological polar surface area (TPSA) is 105 Å². The number of fused-ring (bicyclic) bond motifs is 1. The second-order valence-corrected chi connectivity index (χ2v) is 10.0. The fourth-order valence-corrected chi connectivity index (χ4v) is 6.42.